The molecular weight excluding hydrogens is 355 g/mol. The molecule has 0 unspecified atom stereocenters. The number of aryl methyl sites for hydroxylation is 1. The molecule has 1 aromatic carbocycles. The third-order valence-corrected chi connectivity index (χ3v) is 3.78. The van der Waals surface area contributed by atoms with Crippen LogP contribution in [0.2, 0.25) is 0 Å². The van der Waals surface area contributed by atoms with E-state index < -0.39 is 0 Å². The molecule has 6 heteroatoms. The van der Waals surface area contributed by atoms with Crippen molar-refractivity contribution in [3.8, 4) is 0 Å². The summed E-state index contributed by atoms with van der Waals surface area (Å²) in [6.45, 7) is 1.96. The summed E-state index contributed by atoms with van der Waals surface area (Å²) in [5, 5.41) is 9.65. The molecule has 1 aromatic heterocycles. The number of rotatable bonds is 3. The van der Waals surface area contributed by atoms with Crippen molar-refractivity contribution in [1.82, 2.24) is 15.2 Å². The Labute approximate surface area is 124 Å². The molecule has 5 nitrogen and oxygen atoms in total. The zero-order chi connectivity index (χ0) is 13.4. The predicted molar refractivity (Wildman–Crippen MR) is 80.2 cm³/mol. The number of halogens is 1. The summed E-state index contributed by atoms with van der Waals surface area (Å²) in [5.74, 6) is 1.23. The van der Waals surface area contributed by atoms with Crippen LogP contribution in [0.4, 0.5) is 5.69 Å². The highest BCUT2D eigenvalue weighted by Gasteiger charge is 2.28. The Bertz CT molecular complexity index is 633. The number of amides is 1. The maximum absolute atomic E-state index is 12.0. The lowest BCUT2D eigenvalue weighted by Gasteiger charge is -2.06. The fraction of sp³-hybridized carbons (Fsp3) is 0.308. The average molecular weight is 368 g/mol. The van der Waals surface area contributed by atoms with Gasteiger partial charge in [-0.15, -0.1) is 5.10 Å². The highest BCUT2D eigenvalue weighted by atomic mass is 127. The van der Waals surface area contributed by atoms with Gasteiger partial charge in [0, 0.05) is 15.2 Å². The van der Waals surface area contributed by atoms with E-state index in [-0.39, 0.29) is 11.7 Å². The van der Waals surface area contributed by atoms with Crippen molar-refractivity contribution in [2.24, 2.45) is 0 Å². The maximum Gasteiger partial charge on any atom is 0.295 e. The van der Waals surface area contributed by atoms with Crippen LogP contribution in [-0.2, 0) is 0 Å². The molecule has 0 atom stereocenters. The maximum atomic E-state index is 12.0. The van der Waals surface area contributed by atoms with Crippen molar-refractivity contribution in [1.29, 1.82) is 0 Å². The van der Waals surface area contributed by atoms with Gasteiger partial charge in [-0.1, -0.05) is 0 Å². The van der Waals surface area contributed by atoms with Crippen LogP contribution < -0.4 is 5.32 Å². The average Bonchev–Trinajstić information content (AvgIpc) is 3.10. The number of hydrogen-bond acceptors (Lipinski definition) is 3. The SMILES string of the molecule is Cc1cc(I)ccc1NC(=O)c1n[nH]c(C2CC2)n1. The van der Waals surface area contributed by atoms with Gasteiger partial charge in [-0.05, 0) is 66.1 Å². The minimum absolute atomic E-state index is 0.208. The molecule has 19 heavy (non-hydrogen) atoms. The van der Waals surface area contributed by atoms with Crippen molar-refractivity contribution in [3.05, 3.63) is 39.0 Å². The zero-order valence-electron chi connectivity index (χ0n) is 10.4. The summed E-state index contributed by atoms with van der Waals surface area (Å²) in [6.07, 6.45) is 2.26. The molecule has 0 aliphatic heterocycles. The molecule has 0 saturated heterocycles. The van der Waals surface area contributed by atoms with Gasteiger partial charge in [-0.3, -0.25) is 9.89 Å². The molecule has 2 aromatic rings. The van der Waals surface area contributed by atoms with Gasteiger partial charge in [-0.25, -0.2) is 4.98 Å². The van der Waals surface area contributed by atoms with Crippen molar-refractivity contribution in [2.75, 3.05) is 5.32 Å². The monoisotopic (exact) mass is 368 g/mol. The lowest BCUT2D eigenvalue weighted by atomic mass is 10.2. The third kappa shape index (κ3) is 2.78. The second-order valence-corrected chi connectivity index (χ2v) is 5.98. The fourth-order valence-electron chi connectivity index (χ4n) is 1.86. The van der Waals surface area contributed by atoms with Crippen LogP contribution >= 0.6 is 22.6 Å². The first-order valence-corrected chi connectivity index (χ1v) is 7.21. The molecule has 1 saturated carbocycles. The van der Waals surface area contributed by atoms with Gasteiger partial charge in [0.05, 0.1) is 0 Å². The molecule has 2 N–H and O–H groups in total. The van der Waals surface area contributed by atoms with Gasteiger partial charge in [-0.2, -0.15) is 0 Å². The number of H-pyrrole nitrogens is 1. The number of carbonyl (C=O) groups is 1. The zero-order valence-corrected chi connectivity index (χ0v) is 12.6. The molecule has 0 radical (unpaired) electrons. The number of carbonyl (C=O) groups excluding carboxylic acids is 1. The number of nitrogens with zero attached hydrogens (tertiary/aromatic N) is 2. The molecule has 1 heterocycles. The van der Waals surface area contributed by atoms with E-state index in [1.807, 2.05) is 25.1 Å². The number of benzene rings is 1. The Kier molecular flexibility index (Phi) is 3.26. The minimum Gasteiger partial charge on any atom is -0.319 e. The Morgan fingerprint density at radius 3 is 2.95 bits per heavy atom. The molecule has 3 rings (SSSR count). The van der Waals surface area contributed by atoms with Gasteiger partial charge in [0.25, 0.3) is 5.91 Å². The van der Waals surface area contributed by atoms with Crippen LogP contribution in [-0.4, -0.2) is 21.1 Å². The highest BCUT2D eigenvalue weighted by molar-refractivity contribution is 14.1. The summed E-state index contributed by atoms with van der Waals surface area (Å²) in [7, 11) is 0. The van der Waals surface area contributed by atoms with E-state index in [2.05, 4.69) is 43.1 Å². The molecule has 1 aliphatic carbocycles. The third-order valence-electron chi connectivity index (χ3n) is 3.11. The standard InChI is InChI=1S/C13H13IN4O/c1-7-6-9(14)4-5-10(7)15-13(19)12-16-11(17-18-12)8-2-3-8/h4-6,8H,2-3H2,1H3,(H,15,19)(H,16,17,18). The van der Waals surface area contributed by atoms with Crippen LogP contribution in [0.5, 0.6) is 0 Å². The normalized spacial score (nSPS) is 14.4. The van der Waals surface area contributed by atoms with E-state index in [0.717, 1.165) is 33.5 Å². The van der Waals surface area contributed by atoms with Crippen LogP contribution in [0.1, 0.15) is 40.8 Å². The van der Waals surface area contributed by atoms with Crippen LogP contribution in [0.3, 0.4) is 0 Å². The van der Waals surface area contributed by atoms with E-state index >= 15 is 0 Å². The smallest absolute Gasteiger partial charge is 0.295 e. The number of anilines is 1. The lowest BCUT2D eigenvalue weighted by Crippen LogP contribution is -2.14. The topological polar surface area (TPSA) is 70.7 Å². The van der Waals surface area contributed by atoms with Crippen molar-refractivity contribution >= 4 is 34.2 Å². The summed E-state index contributed by atoms with van der Waals surface area (Å²) in [4.78, 5) is 16.3. The van der Waals surface area contributed by atoms with Gasteiger partial charge in [0.2, 0.25) is 5.82 Å². The number of aromatic nitrogens is 3. The molecule has 1 amide bonds. The van der Waals surface area contributed by atoms with Crippen LogP contribution in [0.15, 0.2) is 18.2 Å². The first-order valence-electron chi connectivity index (χ1n) is 6.13. The Morgan fingerprint density at radius 1 is 1.47 bits per heavy atom. The second kappa shape index (κ2) is 4.92. The second-order valence-electron chi connectivity index (χ2n) is 4.73. The number of aromatic amines is 1. The molecule has 1 aliphatic rings. The van der Waals surface area contributed by atoms with Gasteiger partial charge in [0.1, 0.15) is 5.82 Å². The summed E-state index contributed by atoms with van der Waals surface area (Å²) in [6, 6.07) is 5.87. The molecule has 0 bridgehead atoms. The van der Waals surface area contributed by atoms with Gasteiger partial charge >= 0.3 is 0 Å². The van der Waals surface area contributed by atoms with E-state index in [0.29, 0.717) is 5.92 Å². The summed E-state index contributed by atoms with van der Waals surface area (Å²) in [5.41, 5.74) is 1.82. The molecule has 98 valence electrons. The largest absolute Gasteiger partial charge is 0.319 e. The van der Waals surface area contributed by atoms with Crippen molar-refractivity contribution < 1.29 is 4.79 Å². The number of nitrogens with one attached hydrogen (secondary N) is 2. The van der Waals surface area contributed by atoms with Gasteiger partial charge < -0.3 is 5.32 Å². The molecule has 0 spiro atoms. The van der Waals surface area contributed by atoms with E-state index in [1.165, 1.54) is 0 Å². The van der Waals surface area contributed by atoms with E-state index in [9.17, 15) is 4.79 Å². The Hall–Kier alpha value is -1.44. The first-order chi connectivity index (χ1) is 9.13. The first kappa shape index (κ1) is 12.6. The summed E-state index contributed by atoms with van der Waals surface area (Å²) < 4.78 is 1.14. The van der Waals surface area contributed by atoms with E-state index in [1.54, 1.807) is 0 Å². The van der Waals surface area contributed by atoms with Gasteiger partial charge in [0.15, 0.2) is 0 Å². The molecular formula is C13H13IN4O. The van der Waals surface area contributed by atoms with Crippen LogP contribution in [0.25, 0.3) is 0 Å². The Balaban J connectivity index is 1.76. The Morgan fingerprint density at radius 2 is 2.26 bits per heavy atom. The highest BCUT2D eigenvalue weighted by Crippen LogP contribution is 2.37. The number of hydrogen-bond donors (Lipinski definition) is 2. The minimum atomic E-state index is -0.271. The fourth-order valence-corrected chi connectivity index (χ4v) is 2.51. The van der Waals surface area contributed by atoms with Crippen molar-refractivity contribution in [3.63, 3.8) is 0 Å². The lowest BCUT2D eigenvalue weighted by molar-refractivity contribution is 0.101. The predicted octanol–water partition coefficient (Wildman–Crippen LogP) is 2.85. The van der Waals surface area contributed by atoms with Crippen molar-refractivity contribution in [2.45, 2.75) is 25.7 Å². The quantitative estimate of drug-likeness (QED) is 0.819. The van der Waals surface area contributed by atoms with Crippen LogP contribution in [0, 0.1) is 10.5 Å². The molecule has 1 fully saturated rings. The van der Waals surface area contributed by atoms with E-state index in [4.69, 9.17) is 0 Å². The summed E-state index contributed by atoms with van der Waals surface area (Å²) >= 11 is 2.24.